The minimum Gasteiger partial charge on any atom is -0.449 e. The number of rotatable bonds is 19. The quantitative estimate of drug-likeness (QED) is 0.132. The Kier molecular flexibility index (Phi) is 17.9. The number of ketones is 1. The number of carbonyl (C=O) groups is 7. The summed E-state index contributed by atoms with van der Waals surface area (Å²) in [5.74, 6) is -3.49. The van der Waals surface area contributed by atoms with Gasteiger partial charge in [0.1, 0.15) is 18.1 Å². The SMILES string of the molecule is CCCC(NC(=O)C1C[C@@H](SCc2ccccc2)CN1C(=O)[C@@H](NC(=O)OCC(C)C)C1CCCCC1)C(=O)C(=O)NCC(=O)NC(C(=O)NC)c1ccccc1. The van der Waals surface area contributed by atoms with Crippen molar-refractivity contribution in [1.82, 2.24) is 31.5 Å². The Labute approximate surface area is 339 Å². The van der Waals surface area contributed by atoms with Crippen LogP contribution in [0.25, 0.3) is 0 Å². The van der Waals surface area contributed by atoms with Crippen molar-refractivity contribution in [2.45, 2.75) is 107 Å². The summed E-state index contributed by atoms with van der Waals surface area (Å²) >= 11 is 1.63. The first kappa shape index (κ1) is 44.8. The van der Waals surface area contributed by atoms with Crippen molar-refractivity contribution in [2.24, 2.45) is 11.8 Å². The Balaban J connectivity index is 1.48. The van der Waals surface area contributed by atoms with E-state index in [-0.39, 0.29) is 42.6 Å². The topological polar surface area (TPSA) is 192 Å². The molecule has 0 aromatic heterocycles. The first-order valence-corrected chi connectivity index (χ1v) is 21.0. The van der Waals surface area contributed by atoms with E-state index in [0.717, 1.165) is 37.7 Å². The van der Waals surface area contributed by atoms with Gasteiger partial charge in [-0.05, 0) is 48.6 Å². The molecule has 5 atom stereocenters. The van der Waals surface area contributed by atoms with Crippen molar-refractivity contribution in [3.8, 4) is 0 Å². The fourth-order valence-electron chi connectivity index (χ4n) is 7.17. The summed E-state index contributed by atoms with van der Waals surface area (Å²) in [6.07, 6.45) is 4.58. The third kappa shape index (κ3) is 13.6. The average Bonchev–Trinajstić information content (AvgIpc) is 3.67. The molecular weight excluding hydrogens is 749 g/mol. The van der Waals surface area contributed by atoms with E-state index in [1.165, 1.54) is 11.9 Å². The minimum atomic E-state index is -1.22. The van der Waals surface area contributed by atoms with E-state index in [4.69, 9.17) is 4.74 Å². The minimum absolute atomic E-state index is 0.104. The fraction of sp³-hybridized carbons (Fsp3) is 0.548. The molecule has 15 heteroatoms. The largest absolute Gasteiger partial charge is 0.449 e. The van der Waals surface area contributed by atoms with Crippen LogP contribution in [0.5, 0.6) is 0 Å². The standard InChI is InChI=1S/C42H58N6O8S/c1-5-15-32(37(50)40(53)44-23-34(49)46-35(39(52)43-4)29-18-11-7-12-19-29)45-38(51)33-22-31(57-26-28-16-9-6-10-17-28)24-48(33)41(54)36(30-20-13-8-14-21-30)47-42(55)56-25-27(2)3/h6-7,9-12,16-19,27,30-33,35-36H,5,8,13-15,20-26H2,1-4H3,(H,43,52)(H,44,53)(H,45,51)(H,46,49)(H,47,55)/t31-,32?,33?,35?,36+/m1/s1. The summed E-state index contributed by atoms with van der Waals surface area (Å²) in [5.41, 5.74) is 1.63. The van der Waals surface area contributed by atoms with E-state index in [1.54, 1.807) is 49.0 Å². The van der Waals surface area contributed by atoms with E-state index in [2.05, 4.69) is 26.6 Å². The summed E-state index contributed by atoms with van der Waals surface area (Å²) in [7, 11) is 1.44. The van der Waals surface area contributed by atoms with Crippen LogP contribution in [-0.2, 0) is 39.3 Å². The van der Waals surface area contributed by atoms with Crippen LogP contribution in [0.2, 0.25) is 0 Å². The third-order valence-electron chi connectivity index (χ3n) is 10.2. The van der Waals surface area contributed by atoms with Crippen molar-refractivity contribution in [1.29, 1.82) is 0 Å². The molecule has 1 aliphatic carbocycles. The highest BCUT2D eigenvalue weighted by Gasteiger charge is 2.45. The number of Topliss-reactive ketones (excluding diaryl/α,β-unsaturated/α-hetero) is 1. The van der Waals surface area contributed by atoms with Gasteiger partial charge in [-0.1, -0.05) is 107 Å². The zero-order valence-electron chi connectivity index (χ0n) is 33.4. The lowest BCUT2D eigenvalue weighted by Crippen LogP contribution is -2.58. The third-order valence-corrected chi connectivity index (χ3v) is 11.5. The molecule has 1 saturated heterocycles. The Morgan fingerprint density at radius 3 is 2.18 bits per heavy atom. The molecule has 0 spiro atoms. The maximum Gasteiger partial charge on any atom is 0.407 e. The van der Waals surface area contributed by atoms with Crippen molar-refractivity contribution in [3.05, 3.63) is 71.8 Å². The number of alkyl carbamates (subject to hydrolysis) is 1. The fourth-order valence-corrected chi connectivity index (χ4v) is 8.38. The molecule has 310 valence electrons. The van der Waals surface area contributed by atoms with Crippen LogP contribution in [0.1, 0.15) is 89.3 Å². The van der Waals surface area contributed by atoms with Crippen molar-refractivity contribution < 1.29 is 38.3 Å². The number of nitrogens with one attached hydrogen (secondary N) is 5. The van der Waals surface area contributed by atoms with Gasteiger partial charge in [0.15, 0.2) is 0 Å². The van der Waals surface area contributed by atoms with E-state index < -0.39 is 66.2 Å². The van der Waals surface area contributed by atoms with Gasteiger partial charge >= 0.3 is 6.09 Å². The number of thioether (sulfide) groups is 1. The van der Waals surface area contributed by atoms with E-state index >= 15 is 0 Å². The van der Waals surface area contributed by atoms with Crippen LogP contribution in [0.15, 0.2) is 60.7 Å². The first-order valence-electron chi connectivity index (χ1n) is 20.0. The van der Waals surface area contributed by atoms with E-state index in [1.807, 2.05) is 44.2 Å². The normalized spacial score (nSPS) is 18.4. The van der Waals surface area contributed by atoms with Gasteiger partial charge in [-0.25, -0.2) is 4.79 Å². The predicted molar refractivity (Wildman–Crippen MR) is 218 cm³/mol. The maximum absolute atomic E-state index is 14.6. The van der Waals surface area contributed by atoms with Crippen LogP contribution in [0.3, 0.4) is 0 Å². The summed E-state index contributed by atoms with van der Waals surface area (Å²) in [6.45, 7) is 5.51. The molecule has 4 rings (SSSR count). The number of likely N-dealkylation sites (tertiary alicyclic amines) is 1. The lowest BCUT2D eigenvalue weighted by Gasteiger charge is -2.34. The second kappa shape index (κ2) is 22.7. The van der Waals surface area contributed by atoms with Gasteiger partial charge in [0.2, 0.25) is 29.4 Å². The Hall–Kier alpha value is -4.92. The molecule has 3 unspecified atom stereocenters. The molecule has 0 bridgehead atoms. The lowest BCUT2D eigenvalue weighted by molar-refractivity contribution is -0.143. The number of nitrogens with zero attached hydrogens (tertiary/aromatic N) is 1. The van der Waals surface area contributed by atoms with Crippen LogP contribution in [-0.4, -0.2) is 96.4 Å². The summed E-state index contributed by atoms with van der Waals surface area (Å²) in [5, 5.41) is 12.9. The van der Waals surface area contributed by atoms with Gasteiger partial charge in [-0.2, -0.15) is 11.8 Å². The van der Waals surface area contributed by atoms with E-state index in [0.29, 0.717) is 24.2 Å². The zero-order valence-corrected chi connectivity index (χ0v) is 34.2. The van der Waals surface area contributed by atoms with Crippen LogP contribution in [0.4, 0.5) is 4.79 Å². The Morgan fingerprint density at radius 1 is 0.877 bits per heavy atom. The molecule has 57 heavy (non-hydrogen) atoms. The van der Waals surface area contributed by atoms with Crippen LogP contribution < -0.4 is 26.6 Å². The first-order chi connectivity index (χ1) is 27.4. The monoisotopic (exact) mass is 806 g/mol. The lowest BCUT2D eigenvalue weighted by atomic mass is 9.83. The molecule has 1 aliphatic heterocycles. The molecule has 2 aliphatic rings. The molecule has 2 fully saturated rings. The second-order valence-corrected chi connectivity index (χ2v) is 16.4. The van der Waals surface area contributed by atoms with Gasteiger partial charge in [0.05, 0.1) is 19.2 Å². The highest BCUT2D eigenvalue weighted by Crippen LogP contribution is 2.33. The smallest absolute Gasteiger partial charge is 0.407 e. The second-order valence-electron chi connectivity index (χ2n) is 15.1. The van der Waals surface area contributed by atoms with Gasteiger partial charge in [0, 0.05) is 24.6 Å². The number of likely N-dealkylation sites (N-methyl/N-ethyl adjacent to an activating group) is 1. The van der Waals surface area contributed by atoms with Crippen molar-refractivity contribution in [2.75, 3.05) is 26.7 Å². The summed E-state index contributed by atoms with van der Waals surface area (Å²) < 4.78 is 5.42. The molecule has 1 saturated carbocycles. The van der Waals surface area contributed by atoms with Gasteiger partial charge < -0.3 is 36.2 Å². The maximum atomic E-state index is 14.6. The number of ether oxygens (including phenoxy) is 1. The number of hydrogen-bond acceptors (Lipinski definition) is 9. The number of amides is 6. The molecule has 14 nitrogen and oxygen atoms in total. The average molecular weight is 807 g/mol. The van der Waals surface area contributed by atoms with Crippen LogP contribution >= 0.6 is 11.8 Å². The molecule has 1 heterocycles. The zero-order chi connectivity index (χ0) is 41.3. The molecule has 2 aromatic rings. The highest BCUT2D eigenvalue weighted by atomic mass is 32.2. The van der Waals surface area contributed by atoms with Gasteiger partial charge in [0.25, 0.3) is 5.91 Å². The molecule has 0 radical (unpaired) electrons. The predicted octanol–water partition coefficient (Wildman–Crippen LogP) is 3.79. The summed E-state index contributed by atoms with van der Waals surface area (Å²) in [6, 6.07) is 14.3. The van der Waals surface area contributed by atoms with E-state index in [9.17, 15) is 33.6 Å². The Morgan fingerprint density at radius 2 is 1.54 bits per heavy atom. The van der Waals surface area contributed by atoms with Crippen molar-refractivity contribution >= 4 is 53.2 Å². The molecular formula is C42H58N6O8S. The number of hydrogen-bond donors (Lipinski definition) is 5. The number of carbonyl (C=O) groups excluding carboxylic acids is 7. The molecule has 2 aromatic carbocycles. The number of benzene rings is 2. The van der Waals surface area contributed by atoms with Crippen LogP contribution in [0, 0.1) is 11.8 Å². The van der Waals surface area contributed by atoms with Crippen molar-refractivity contribution in [3.63, 3.8) is 0 Å². The van der Waals surface area contributed by atoms with Gasteiger partial charge in [-0.15, -0.1) is 0 Å². The summed E-state index contributed by atoms with van der Waals surface area (Å²) in [4.78, 5) is 95.2. The molecule has 6 amide bonds. The molecule has 5 N–H and O–H groups in total. The Bertz CT molecular complexity index is 1670. The van der Waals surface area contributed by atoms with Gasteiger partial charge in [-0.3, -0.25) is 28.8 Å². The highest BCUT2D eigenvalue weighted by molar-refractivity contribution is 7.99.